The van der Waals surface area contributed by atoms with Gasteiger partial charge in [-0.3, -0.25) is 9.59 Å². The van der Waals surface area contributed by atoms with Crippen molar-refractivity contribution in [1.29, 1.82) is 0 Å². The molecule has 0 spiro atoms. The van der Waals surface area contributed by atoms with Gasteiger partial charge in [-0.05, 0) is 26.0 Å². The normalized spacial score (nSPS) is 10.3. The van der Waals surface area contributed by atoms with Gasteiger partial charge in [0.1, 0.15) is 12.1 Å². The number of amides is 2. The van der Waals surface area contributed by atoms with E-state index in [0.29, 0.717) is 11.1 Å². The molecule has 1 aromatic carbocycles. The summed E-state index contributed by atoms with van der Waals surface area (Å²) >= 11 is 0. The molecule has 2 amide bonds. The van der Waals surface area contributed by atoms with Crippen LogP contribution in [0.2, 0.25) is 0 Å². The van der Waals surface area contributed by atoms with Crippen molar-refractivity contribution < 1.29 is 14.7 Å². The first-order valence-electron chi connectivity index (χ1n) is 5.69. The molecule has 1 aromatic rings. The van der Waals surface area contributed by atoms with Crippen molar-refractivity contribution in [3.05, 3.63) is 35.4 Å². The number of rotatable bonds is 3. The zero-order valence-electron chi connectivity index (χ0n) is 10.9. The second-order valence-corrected chi connectivity index (χ2v) is 4.45. The van der Waals surface area contributed by atoms with E-state index in [4.69, 9.17) is 10.8 Å². The molecule has 0 aromatic heterocycles. The molecule has 0 bridgehead atoms. The summed E-state index contributed by atoms with van der Waals surface area (Å²) in [5.74, 6) is 4.10. The molecule has 0 saturated carbocycles. The molecule has 0 fully saturated rings. The van der Waals surface area contributed by atoms with E-state index in [9.17, 15) is 9.59 Å². The first kappa shape index (κ1) is 14.7. The number of nitrogens with one attached hydrogen (secondary N) is 1. The molecule has 5 nitrogen and oxygen atoms in total. The molecular weight excluding hydrogens is 244 g/mol. The maximum atomic E-state index is 12.1. The van der Waals surface area contributed by atoms with Crippen molar-refractivity contribution in [3.8, 4) is 11.8 Å². The van der Waals surface area contributed by atoms with E-state index in [-0.39, 0.29) is 6.61 Å². The fourth-order valence-corrected chi connectivity index (χ4v) is 1.34. The summed E-state index contributed by atoms with van der Waals surface area (Å²) in [6.07, 6.45) is 0. The predicted molar refractivity (Wildman–Crippen MR) is 71.1 cm³/mol. The average molecular weight is 260 g/mol. The van der Waals surface area contributed by atoms with Gasteiger partial charge in [0.15, 0.2) is 0 Å². The highest BCUT2D eigenvalue weighted by Gasteiger charge is 2.27. The monoisotopic (exact) mass is 260 g/mol. The Morgan fingerprint density at radius 1 is 1.37 bits per heavy atom. The molecule has 0 heterocycles. The second kappa shape index (κ2) is 6.03. The number of hydrogen-bond acceptors (Lipinski definition) is 3. The summed E-state index contributed by atoms with van der Waals surface area (Å²) in [7, 11) is 0. The summed E-state index contributed by atoms with van der Waals surface area (Å²) in [6, 6.07) is 6.68. The van der Waals surface area contributed by atoms with Crippen LogP contribution in [-0.2, 0) is 4.79 Å². The summed E-state index contributed by atoms with van der Waals surface area (Å²) < 4.78 is 0. The Morgan fingerprint density at radius 2 is 2.00 bits per heavy atom. The van der Waals surface area contributed by atoms with Crippen LogP contribution in [0.4, 0.5) is 0 Å². The van der Waals surface area contributed by atoms with Crippen molar-refractivity contribution in [2.24, 2.45) is 5.73 Å². The van der Waals surface area contributed by atoms with Crippen LogP contribution in [0.25, 0.3) is 0 Å². The molecule has 0 unspecified atom stereocenters. The lowest BCUT2D eigenvalue weighted by Crippen LogP contribution is -2.53. The third-order valence-electron chi connectivity index (χ3n) is 2.52. The number of benzene rings is 1. The fraction of sp³-hybridized carbons (Fsp3) is 0.286. The van der Waals surface area contributed by atoms with Crippen LogP contribution < -0.4 is 11.1 Å². The van der Waals surface area contributed by atoms with Gasteiger partial charge in [0.2, 0.25) is 5.91 Å². The van der Waals surface area contributed by atoms with Crippen molar-refractivity contribution in [2.75, 3.05) is 6.61 Å². The van der Waals surface area contributed by atoms with Crippen LogP contribution >= 0.6 is 0 Å². The lowest BCUT2D eigenvalue weighted by Gasteiger charge is -2.22. The third-order valence-corrected chi connectivity index (χ3v) is 2.52. The molecule has 1 rings (SSSR count). The van der Waals surface area contributed by atoms with Gasteiger partial charge in [-0.15, -0.1) is 0 Å². The smallest absolute Gasteiger partial charge is 0.253 e. The number of nitrogens with two attached hydrogens (primary N) is 1. The lowest BCUT2D eigenvalue weighted by atomic mass is 10.0. The summed E-state index contributed by atoms with van der Waals surface area (Å²) in [5.41, 5.74) is 4.87. The molecule has 19 heavy (non-hydrogen) atoms. The third kappa shape index (κ3) is 3.83. The zero-order chi connectivity index (χ0) is 14.5. The minimum absolute atomic E-state index is 0.289. The zero-order valence-corrected chi connectivity index (χ0v) is 10.9. The number of aliphatic hydroxyl groups excluding tert-OH is 1. The van der Waals surface area contributed by atoms with E-state index in [1.54, 1.807) is 24.3 Å². The molecule has 5 heteroatoms. The Hall–Kier alpha value is -2.32. The molecule has 0 radical (unpaired) electrons. The van der Waals surface area contributed by atoms with Crippen molar-refractivity contribution >= 4 is 11.8 Å². The molecule has 100 valence electrons. The van der Waals surface area contributed by atoms with Crippen LogP contribution in [0.1, 0.15) is 29.8 Å². The Bertz CT molecular complexity index is 553. The van der Waals surface area contributed by atoms with Gasteiger partial charge < -0.3 is 16.2 Å². The Kier molecular flexibility index (Phi) is 4.67. The standard InChI is InChI=1S/C14H16N2O3/c1-14(2,13(15)19)16-12(18)11-8-4-3-6-10(11)7-5-9-17/h3-4,6,8,17H,9H2,1-2H3,(H2,15,19)(H,16,18). The maximum Gasteiger partial charge on any atom is 0.253 e. The van der Waals surface area contributed by atoms with Crippen molar-refractivity contribution in [3.63, 3.8) is 0 Å². The van der Waals surface area contributed by atoms with Crippen LogP contribution in [-0.4, -0.2) is 29.1 Å². The first-order valence-corrected chi connectivity index (χ1v) is 5.69. The van der Waals surface area contributed by atoms with Gasteiger partial charge in [-0.1, -0.05) is 24.0 Å². The van der Waals surface area contributed by atoms with Crippen LogP contribution in [0.15, 0.2) is 24.3 Å². The number of aliphatic hydroxyl groups is 1. The minimum atomic E-state index is -1.14. The molecule has 0 atom stereocenters. The summed E-state index contributed by atoms with van der Waals surface area (Å²) in [6.45, 7) is 2.76. The molecule has 0 aliphatic rings. The van der Waals surface area contributed by atoms with Crippen molar-refractivity contribution in [2.45, 2.75) is 19.4 Å². The quantitative estimate of drug-likeness (QED) is 0.669. The van der Waals surface area contributed by atoms with E-state index in [1.807, 2.05) is 0 Å². The topological polar surface area (TPSA) is 92.4 Å². The van der Waals surface area contributed by atoms with Gasteiger partial charge in [0, 0.05) is 5.56 Å². The van der Waals surface area contributed by atoms with Crippen LogP contribution in [0.3, 0.4) is 0 Å². The van der Waals surface area contributed by atoms with E-state index >= 15 is 0 Å². The van der Waals surface area contributed by atoms with Crippen molar-refractivity contribution in [1.82, 2.24) is 5.32 Å². The maximum absolute atomic E-state index is 12.1. The lowest BCUT2D eigenvalue weighted by molar-refractivity contribution is -0.122. The van der Waals surface area contributed by atoms with Crippen LogP contribution in [0.5, 0.6) is 0 Å². The van der Waals surface area contributed by atoms with E-state index in [0.717, 1.165) is 0 Å². The SMILES string of the molecule is CC(C)(NC(=O)c1ccccc1C#CCO)C(N)=O. The fourth-order valence-electron chi connectivity index (χ4n) is 1.34. The van der Waals surface area contributed by atoms with E-state index in [1.165, 1.54) is 13.8 Å². The van der Waals surface area contributed by atoms with Crippen LogP contribution in [0, 0.1) is 11.8 Å². The van der Waals surface area contributed by atoms with Gasteiger partial charge in [-0.25, -0.2) is 0 Å². The van der Waals surface area contributed by atoms with Gasteiger partial charge in [-0.2, -0.15) is 0 Å². The predicted octanol–water partition coefficient (Wildman–Crippen LogP) is 0.0241. The molecule has 0 aliphatic carbocycles. The van der Waals surface area contributed by atoms with E-state index < -0.39 is 17.4 Å². The Balaban J connectivity index is 3.04. The molecule has 0 saturated heterocycles. The highest BCUT2D eigenvalue weighted by Crippen LogP contribution is 2.10. The molecular formula is C14H16N2O3. The van der Waals surface area contributed by atoms with Gasteiger partial charge in [0.25, 0.3) is 5.91 Å². The highest BCUT2D eigenvalue weighted by molar-refractivity contribution is 6.00. The number of carbonyl (C=O) groups excluding carboxylic acids is 2. The minimum Gasteiger partial charge on any atom is -0.384 e. The number of primary amides is 1. The summed E-state index contributed by atoms with van der Waals surface area (Å²) in [5, 5.41) is 11.2. The number of hydrogen-bond donors (Lipinski definition) is 3. The Labute approximate surface area is 111 Å². The summed E-state index contributed by atoms with van der Waals surface area (Å²) in [4.78, 5) is 23.3. The van der Waals surface area contributed by atoms with Gasteiger partial charge >= 0.3 is 0 Å². The Morgan fingerprint density at radius 3 is 2.58 bits per heavy atom. The average Bonchev–Trinajstić information content (AvgIpc) is 2.36. The van der Waals surface area contributed by atoms with E-state index in [2.05, 4.69) is 17.2 Å². The molecule has 0 aliphatic heterocycles. The molecule has 4 N–H and O–H groups in total. The first-order chi connectivity index (χ1) is 8.88. The highest BCUT2D eigenvalue weighted by atomic mass is 16.2. The van der Waals surface area contributed by atoms with Gasteiger partial charge in [0.05, 0.1) is 5.56 Å². The number of carbonyl (C=O) groups is 2. The second-order valence-electron chi connectivity index (χ2n) is 4.45. The largest absolute Gasteiger partial charge is 0.384 e.